The molecule has 1 heterocycles. The maximum atomic E-state index is 13.2. The number of aliphatic hydroxyl groups excluding tert-OH is 1. The van der Waals surface area contributed by atoms with E-state index in [4.69, 9.17) is 9.47 Å². The Morgan fingerprint density at radius 1 is 1.28 bits per heavy atom. The normalized spacial score (nSPS) is 32.1. The average molecular weight is 445 g/mol. The number of Topliss-reactive ketones (excluding diaryl/α,β-unsaturated/α-hetero) is 2. The lowest BCUT2D eigenvalue weighted by atomic mass is 9.75. The van der Waals surface area contributed by atoms with E-state index >= 15 is 0 Å². The molecular formula is C25H32O7. The second-order valence-electron chi connectivity index (χ2n) is 9.61. The maximum Gasteiger partial charge on any atom is 0.310 e. The van der Waals surface area contributed by atoms with Crippen molar-refractivity contribution in [3.8, 4) is 0 Å². The molecule has 3 aliphatic rings. The van der Waals surface area contributed by atoms with Crippen molar-refractivity contribution in [2.75, 3.05) is 0 Å². The van der Waals surface area contributed by atoms with Crippen molar-refractivity contribution in [2.24, 2.45) is 23.7 Å². The average Bonchev–Trinajstić information content (AvgIpc) is 2.71. The van der Waals surface area contributed by atoms with Crippen LogP contribution in [0, 0.1) is 23.7 Å². The van der Waals surface area contributed by atoms with Gasteiger partial charge in [-0.2, -0.15) is 0 Å². The first-order valence-electron chi connectivity index (χ1n) is 11.3. The van der Waals surface area contributed by atoms with Gasteiger partial charge in [0.05, 0.1) is 23.5 Å². The lowest BCUT2D eigenvalue weighted by Gasteiger charge is -2.35. The second-order valence-corrected chi connectivity index (χ2v) is 9.61. The number of esters is 1. The molecule has 3 rings (SSSR count). The first-order chi connectivity index (χ1) is 15.0. The van der Waals surface area contributed by atoms with Crippen molar-refractivity contribution in [3.05, 3.63) is 35.3 Å². The molecule has 1 aliphatic heterocycles. The number of ether oxygens (including phenoxy) is 2. The molecule has 0 saturated heterocycles. The molecule has 7 nitrogen and oxygen atoms in total. The van der Waals surface area contributed by atoms with Gasteiger partial charge in [0, 0.05) is 6.42 Å². The minimum Gasteiger partial charge on any atom is -0.468 e. The number of aliphatic hydroxyl groups is 1. The van der Waals surface area contributed by atoms with Crippen LogP contribution in [0.5, 0.6) is 0 Å². The van der Waals surface area contributed by atoms with Crippen molar-refractivity contribution in [2.45, 2.75) is 72.0 Å². The van der Waals surface area contributed by atoms with Gasteiger partial charge in [-0.3, -0.25) is 19.2 Å². The molecule has 6 atom stereocenters. The Hall–Kier alpha value is -2.54. The molecule has 0 aromatic rings. The Balaban J connectivity index is 1.82. The third kappa shape index (κ3) is 4.49. The van der Waals surface area contributed by atoms with Crippen molar-refractivity contribution in [1.82, 2.24) is 0 Å². The predicted molar refractivity (Wildman–Crippen MR) is 116 cm³/mol. The highest BCUT2D eigenvalue weighted by Gasteiger charge is 2.50. The molecule has 0 aromatic carbocycles. The monoisotopic (exact) mass is 444 g/mol. The van der Waals surface area contributed by atoms with Crippen molar-refractivity contribution >= 4 is 23.3 Å². The van der Waals surface area contributed by atoms with Crippen LogP contribution in [0.1, 0.15) is 60.3 Å². The summed E-state index contributed by atoms with van der Waals surface area (Å²) in [7, 11) is 0. The number of hydrogen-bond acceptors (Lipinski definition) is 7. The summed E-state index contributed by atoms with van der Waals surface area (Å²) < 4.78 is 11.1. The van der Waals surface area contributed by atoms with Crippen LogP contribution in [0.2, 0.25) is 0 Å². The zero-order valence-corrected chi connectivity index (χ0v) is 19.3. The maximum absolute atomic E-state index is 13.2. The lowest BCUT2D eigenvalue weighted by molar-refractivity contribution is -0.172. The second kappa shape index (κ2) is 9.14. The van der Waals surface area contributed by atoms with E-state index in [9.17, 15) is 24.3 Å². The minimum absolute atomic E-state index is 0.0477. The minimum atomic E-state index is -1.94. The zero-order chi connectivity index (χ0) is 23.8. The number of rotatable bonds is 6. The number of hydrogen-bond donors (Lipinski definition) is 1. The fraction of sp³-hybridized carbons (Fsp3) is 0.600. The van der Waals surface area contributed by atoms with E-state index in [1.54, 1.807) is 6.92 Å². The van der Waals surface area contributed by atoms with Crippen LogP contribution in [0.3, 0.4) is 0 Å². The molecule has 0 radical (unpaired) electrons. The molecule has 32 heavy (non-hydrogen) atoms. The Kier molecular flexibility index (Phi) is 6.89. The molecule has 5 unspecified atom stereocenters. The topological polar surface area (TPSA) is 107 Å². The smallest absolute Gasteiger partial charge is 0.310 e. The predicted octanol–water partition coefficient (Wildman–Crippen LogP) is 3.21. The first kappa shape index (κ1) is 24.1. The van der Waals surface area contributed by atoms with Gasteiger partial charge in [0.2, 0.25) is 17.2 Å². The molecule has 2 aliphatic carbocycles. The molecule has 0 amide bonds. The summed E-state index contributed by atoms with van der Waals surface area (Å²) in [5, 5.41) is 9.82. The van der Waals surface area contributed by atoms with Crippen LogP contribution >= 0.6 is 0 Å². The third-order valence-electron chi connectivity index (χ3n) is 6.82. The van der Waals surface area contributed by atoms with Gasteiger partial charge in [-0.25, -0.2) is 0 Å². The van der Waals surface area contributed by atoms with E-state index in [1.807, 2.05) is 20.8 Å². The van der Waals surface area contributed by atoms with Gasteiger partial charge in [-0.05, 0) is 49.3 Å². The molecule has 1 saturated carbocycles. The molecular weight excluding hydrogens is 412 g/mol. The quantitative estimate of drug-likeness (QED) is 0.495. The van der Waals surface area contributed by atoms with Gasteiger partial charge in [0.25, 0.3) is 0 Å². The van der Waals surface area contributed by atoms with Crippen molar-refractivity contribution < 1.29 is 33.8 Å². The summed E-state index contributed by atoms with van der Waals surface area (Å²) in [5.74, 6) is -2.43. The summed E-state index contributed by atoms with van der Waals surface area (Å²) in [6, 6.07) is 0. The largest absolute Gasteiger partial charge is 0.468 e. The summed E-state index contributed by atoms with van der Waals surface area (Å²) in [5.41, 5.74) is -1.47. The SMILES string of the molecule is CCC(C)CC(C)C(=O)O[C@]1(C)C(=O)C=C2C=C(C3C(=O)CC(O)CC3C)OC=C2C1=O. The number of fused-ring (bicyclic) bond motifs is 1. The highest BCUT2D eigenvalue weighted by Crippen LogP contribution is 2.39. The van der Waals surface area contributed by atoms with Crippen molar-refractivity contribution in [3.63, 3.8) is 0 Å². The molecule has 7 heteroatoms. The Bertz CT molecular complexity index is 925. The van der Waals surface area contributed by atoms with Gasteiger partial charge in [0.1, 0.15) is 17.8 Å². The van der Waals surface area contributed by atoms with Crippen LogP contribution in [0.25, 0.3) is 0 Å². The molecule has 1 fully saturated rings. The number of allylic oxidation sites excluding steroid dienone is 3. The Morgan fingerprint density at radius 3 is 2.59 bits per heavy atom. The fourth-order valence-electron chi connectivity index (χ4n) is 4.60. The zero-order valence-electron chi connectivity index (χ0n) is 19.3. The number of carbonyl (C=O) groups excluding carboxylic acids is 4. The van der Waals surface area contributed by atoms with Crippen LogP contribution < -0.4 is 0 Å². The van der Waals surface area contributed by atoms with Crippen LogP contribution in [-0.4, -0.2) is 40.1 Å². The fourth-order valence-corrected chi connectivity index (χ4v) is 4.60. The van der Waals surface area contributed by atoms with Crippen LogP contribution in [-0.2, 0) is 28.7 Å². The van der Waals surface area contributed by atoms with E-state index in [1.165, 1.54) is 25.3 Å². The van der Waals surface area contributed by atoms with Gasteiger partial charge < -0.3 is 14.6 Å². The van der Waals surface area contributed by atoms with Gasteiger partial charge in [-0.1, -0.05) is 34.1 Å². The molecule has 0 spiro atoms. The molecule has 174 valence electrons. The number of ketones is 3. The van der Waals surface area contributed by atoms with Gasteiger partial charge in [0.15, 0.2) is 0 Å². The summed E-state index contributed by atoms with van der Waals surface area (Å²) >= 11 is 0. The van der Waals surface area contributed by atoms with Gasteiger partial charge >= 0.3 is 5.97 Å². The van der Waals surface area contributed by atoms with E-state index in [-0.39, 0.29) is 23.7 Å². The van der Waals surface area contributed by atoms with E-state index in [2.05, 4.69) is 0 Å². The summed E-state index contributed by atoms with van der Waals surface area (Å²) in [6.45, 7) is 8.97. The molecule has 0 bridgehead atoms. The van der Waals surface area contributed by atoms with Crippen molar-refractivity contribution in [1.29, 1.82) is 0 Å². The standard InChI is InChI=1S/C25H32O7/c1-6-13(2)7-15(4)24(30)32-25(5)21(28)10-16-9-20(31-12-18(16)23(25)29)22-14(3)8-17(26)11-19(22)27/h9-10,12-15,17,22,26H,6-8,11H2,1-5H3/t13?,14?,15?,17?,22?,25-/m1/s1. The molecule has 1 N–H and O–H groups in total. The van der Waals surface area contributed by atoms with E-state index in [0.717, 1.165) is 6.42 Å². The van der Waals surface area contributed by atoms with E-state index < -0.39 is 41.1 Å². The third-order valence-corrected chi connectivity index (χ3v) is 6.82. The highest BCUT2D eigenvalue weighted by atomic mass is 16.6. The molecule has 0 aromatic heterocycles. The van der Waals surface area contributed by atoms with Crippen LogP contribution in [0.15, 0.2) is 35.3 Å². The van der Waals surface area contributed by atoms with Gasteiger partial charge in [-0.15, -0.1) is 0 Å². The number of carbonyl (C=O) groups is 4. The van der Waals surface area contributed by atoms with E-state index in [0.29, 0.717) is 30.1 Å². The lowest BCUT2D eigenvalue weighted by Crippen LogP contribution is -2.51. The Labute approximate surface area is 188 Å². The highest BCUT2D eigenvalue weighted by molar-refractivity contribution is 6.26. The first-order valence-corrected chi connectivity index (χ1v) is 11.3. The van der Waals surface area contributed by atoms with Crippen LogP contribution in [0.4, 0.5) is 0 Å². The summed E-state index contributed by atoms with van der Waals surface area (Å²) in [6.07, 6.45) is 5.41. The Morgan fingerprint density at radius 2 is 1.97 bits per heavy atom. The summed E-state index contributed by atoms with van der Waals surface area (Å²) in [4.78, 5) is 51.2.